The minimum atomic E-state index is 0.439. The first-order chi connectivity index (χ1) is 6.73. The molecule has 0 saturated heterocycles. The molecule has 0 radical (unpaired) electrons. The van der Waals surface area contributed by atoms with E-state index in [9.17, 15) is 0 Å². The van der Waals surface area contributed by atoms with Gasteiger partial charge < -0.3 is 0 Å². The quantitative estimate of drug-likeness (QED) is 0.716. The predicted octanol–water partition coefficient (Wildman–Crippen LogP) is 4.40. The van der Waals surface area contributed by atoms with Gasteiger partial charge in [0.05, 0.1) is 0 Å². The topological polar surface area (TPSA) is 0 Å². The highest BCUT2D eigenvalue weighted by Gasteiger charge is 2.52. The van der Waals surface area contributed by atoms with Crippen molar-refractivity contribution < 1.29 is 0 Å². The highest BCUT2D eigenvalue weighted by Crippen LogP contribution is 2.57. The van der Waals surface area contributed by atoms with E-state index in [0.717, 1.165) is 16.3 Å². The van der Waals surface area contributed by atoms with E-state index in [0.29, 0.717) is 5.41 Å². The summed E-state index contributed by atoms with van der Waals surface area (Å²) in [5, 5.41) is 1.94. The van der Waals surface area contributed by atoms with Crippen molar-refractivity contribution in [2.24, 2.45) is 5.92 Å². The van der Waals surface area contributed by atoms with Crippen LogP contribution in [0.5, 0.6) is 0 Å². The summed E-state index contributed by atoms with van der Waals surface area (Å²) in [6.07, 6.45) is 2.54. The van der Waals surface area contributed by atoms with Crippen LogP contribution in [-0.2, 0) is 5.41 Å². The van der Waals surface area contributed by atoms with Gasteiger partial charge in [-0.2, -0.15) is 0 Å². The molecule has 1 saturated carbocycles. The van der Waals surface area contributed by atoms with E-state index < -0.39 is 0 Å². The molecule has 0 bridgehead atoms. The van der Waals surface area contributed by atoms with Crippen molar-refractivity contribution in [3.63, 3.8) is 0 Å². The van der Waals surface area contributed by atoms with Crippen LogP contribution in [0.3, 0.4) is 0 Å². The van der Waals surface area contributed by atoms with Gasteiger partial charge in [0.1, 0.15) is 0 Å². The van der Waals surface area contributed by atoms with Crippen LogP contribution in [0.25, 0.3) is 0 Å². The zero-order chi connectivity index (χ0) is 10.2. The third-order valence-corrected chi connectivity index (χ3v) is 4.50. The fraction of sp³-hybridized carbons (Fsp3) is 0.500. The van der Waals surface area contributed by atoms with Gasteiger partial charge in [0.25, 0.3) is 0 Å². The van der Waals surface area contributed by atoms with E-state index in [4.69, 9.17) is 11.6 Å². The van der Waals surface area contributed by atoms with Crippen molar-refractivity contribution in [2.45, 2.75) is 25.2 Å². The van der Waals surface area contributed by atoms with E-state index in [-0.39, 0.29) is 0 Å². The molecule has 1 aromatic carbocycles. The van der Waals surface area contributed by atoms with Crippen molar-refractivity contribution in [1.82, 2.24) is 0 Å². The van der Waals surface area contributed by atoms with Crippen LogP contribution in [0.15, 0.2) is 24.3 Å². The molecule has 0 spiro atoms. The SMILES string of the molecule is CCC1(c2ccc(Cl)cc2)CC1CBr. The third-order valence-electron chi connectivity index (χ3n) is 3.47. The number of benzene rings is 1. The molecule has 0 aliphatic heterocycles. The maximum atomic E-state index is 5.89. The van der Waals surface area contributed by atoms with Crippen LogP contribution in [0, 0.1) is 5.92 Å². The molecule has 2 atom stereocenters. The molecule has 1 aromatic rings. The highest BCUT2D eigenvalue weighted by atomic mass is 79.9. The van der Waals surface area contributed by atoms with Gasteiger partial charge in [-0.25, -0.2) is 0 Å². The second-order valence-corrected chi connectivity index (χ2v) is 5.16. The van der Waals surface area contributed by atoms with Crippen LogP contribution in [0.2, 0.25) is 5.02 Å². The van der Waals surface area contributed by atoms with Crippen molar-refractivity contribution in [3.05, 3.63) is 34.9 Å². The van der Waals surface area contributed by atoms with Gasteiger partial charge in [0.2, 0.25) is 0 Å². The Balaban J connectivity index is 2.26. The number of halogens is 2. The Bertz CT molecular complexity index is 320. The summed E-state index contributed by atoms with van der Waals surface area (Å²) in [6, 6.07) is 8.35. The van der Waals surface area contributed by atoms with Crippen molar-refractivity contribution in [1.29, 1.82) is 0 Å². The van der Waals surface area contributed by atoms with Gasteiger partial charge in [-0.3, -0.25) is 0 Å². The molecule has 2 unspecified atom stereocenters. The lowest BCUT2D eigenvalue weighted by molar-refractivity contribution is 0.612. The summed E-state index contributed by atoms with van der Waals surface area (Å²) in [4.78, 5) is 0. The van der Waals surface area contributed by atoms with Crippen LogP contribution < -0.4 is 0 Å². The van der Waals surface area contributed by atoms with Gasteiger partial charge in [-0.05, 0) is 41.9 Å². The van der Waals surface area contributed by atoms with E-state index in [1.54, 1.807) is 0 Å². The lowest BCUT2D eigenvalue weighted by Crippen LogP contribution is -2.08. The molecular formula is C12H14BrCl. The summed E-state index contributed by atoms with van der Waals surface area (Å²) in [5.74, 6) is 0.814. The van der Waals surface area contributed by atoms with Gasteiger partial charge in [-0.1, -0.05) is 46.6 Å². The van der Waals surface area contributed by atoms with Crippen LogP contribution in [-0.4, -0.2) is 5.33 Å². The maximum Gasteiger partial charge on any atom is 0.0406 e. The average Bonchev–Trinajstić information content (AvgIpc) is 2.94. The second-order valence-electron chi connectivity index (χ2n) is 4.07. The molecule has 0 nitrogen and oxygen atoms in total. The molecule has 0 aromatic heterocycles. The van der Waals surface area contributed by atoms with Crippen LogP contribution >= 0.6 is 27.5 Å². The molecular weight excluding hydrogens is 259 g/mol. The normalized spacial score (nSPS) is 30.4. The second kappa shape index (κ2) is 3.86. The first-order valence-electron chi connectivity index (χ1n) is 5.05. The number of hydrogen-bond acceptors (Lipinski definition) is 0. The first-order valence-corrected chi connectivity index (χ1v) is 6.55. The predicted molar refractivity (Wildman–Crippen MR) is 65.3 cm³/mol. The first kappa shape index (κ1) is 10.5. The smallest absolute Gasteiger partial charge is 0.0406 e. The fourth-order valence-electron chi connectivity index (χ4n) is 2.36. The van der Waals surface area contributed by atoms with Crippen LogP contribution in [0.4, 0.5) is 0 Å². The molecule has 0 amide bonds. The summed E-state index contributed by atoms with van der Waals surface area (Å²) >= 11 is 9.46. The third kappa shape index (κ3) is 1.61. The molecule has 0 N–H and O–H groups in total. The van der Waals surface area contributed by atoms with E-state index in [2.05, 4.69) is 35.0 Å². The van der Waals surface area contributed by atoms with Crippen molar-refractivity contribution in [2.75, 3.05) is 5.33 Å². The number of rotatable bonds is 3. The maximum absolute atomic E-state index is 5.89. The summed E-state index contributed by atoms with van der Waals surface area (Å²) in [5.41, 5.74) is 1.89. The minimum absolute atomic E-state index is 0.439. The summed E-state index contributed by atoms with van der Waals surface area (Å²) in [6.45, 7) is 2.28. The fourth-order valence-corrected chi connectivity index (χ4v) is 3.33. The monoisotopic (exact) mass is 272 g/mol. The van der Waals surface area contributed by atoms with E-state index in [1.807, 2.05) is 12.1 Å². The Labute approximate surface area is 98.8 Å². The molecule has 1 fully saturated rings. The lowest BCUT2D eigenvalue weighted by atomic mass is 9.91. The van der Waals surface area contributed by atoms with E-state index >= 15 is 0 Å². The van der Waals surface area contributed by atoms with Crippen LogP contribution in [0.1, 0.15) is 25.3 Å². The van der Waals surface area contributed by atoms with Gasteiger partial charge in [-0.15, -0.1) is 0 Å². The lowest BCUT2D eigenvalue weighted by Gasteiger charge is -2.15. The number of alkyl halides is 1. The van der Waals surface area contributed by atoms with Gasteiger partial charge >= 0.3 is 0 Å². The molecule has 1 aliphatic carbocycles. The zero-order valence-electron chi connectivity index (χ0n) is 8.26. The van der Waals surface area contributed by atoms with Gasteiger partial charge in [0.15, 0.2) is 0 Å². The molecule has 14 heavy (non-hydrogen) atoms. The summed E-state index contributed by atoms with van der Waals surface area (Å²) < 4.78 is 0. The average molecular weight is 274 g/mol. The largest absolute Gasteiger partial charge is 0.0925 e. The Morgan fingerprint density at radius 3 is 2.50 bits per heavy atom. The highest BCUT2D eigenvalue weighted by molar-refractivity contribution is 9.09. The number of hydrogen-bond donors (Lipinski definition) is 0. The van der Waals surface area contributed by atoms with Crippen molar-refractivity contribution in [3.8, 4) is 0 Å². The Morgan fingerprint density at radius 2 is 2.07 bits per heavy atom. The van der Waals surface area contributed by atoms with E-state index in [1.165, 1.54) is 18.4 Å². The molecule has 2 rings (SSSR count). The minimum Gasteiger partial charge on any atom is -0.0925 e. The molecule has 2 heteroatoms. The summed E-state index contributed by atoms with van der Waals surface area (Å²) in [7, 11) is 0. The van der Waals surface area contributed by atoms with Gasteiger partial charge in [0, 0.05) is 10.4 Å². The Kier molecular flexibility index (Phi) is 2.90. The Hall–Kier alpha value is -0.0100. The van der Waals surface area contributed by atoms with Crippen molar-refractivity contribution >= 4 is 27.5 Å². The standard InChI is InChI=1S/C12H14BrCl/c1-2-12(7-10(12)8-13)9-3-5-11(14)6-4-9/h3-6,10H,2,7-8H2,1H3. The zero-order valence-corrected chi connectivity index (χ0v) is 10.6. The molecule has 76 valence electrons. The Morgan fingerprint density at radius 1 is 1.43 bits per heavy atom. The molecule has 1 aliphatic rings. The molecule has 0 heterocycles.